The first-order chi connectivity index (χ1) is 8.65. The largest absolute Gasteiger partial charge is 0.375 e. The normalized spacial score (nSPS) is 19.6. The van der Waals surface area contributed by atoms with Crippen molar-refractivity contribution in [3.05, 3.63) is 27.1 Å². The lowest BCUT2D eigenvalue weighted by Crippen LogP contribution is -2.40. The van der Waals surface area contributed by atoms with Gasteiger partial charge in [0.2, 0.25) is 5.91 Å². The van der Waals surface area contributed by atoms with Gasteiger partial charge in [0.25, 0.3) is 0 Å². The summed E-state index contributed by atoms with van der Waals surface area (Å²) in [5.41, 5.74) is 0.770. The van der Waals surface area contributed by atoms with Crippen LogP contribution in [0.4, 0.5) is 5.69 Å². The van der Waals surface area contributed by atoms with Gasteiger partial charge in [-0.05, 0) is 34.1 Å². The number of anilines is 1. The molecule has 0 saturated carbocycles. The van der Waals surface area contributed by atoms with E-state index in [1.54, 1.807) is 0 Å². The Hall–Kier alpha value is -0.430. The summed E-state index contributed by atoms with van der Waals surface area (Å²) in [7, 11) is 0. The molecule has 0 bridgehead atoms. The summed E-state index contributed by atoms with van der Waals surface area (Å²) in [6.45, 7) is 2.26. The third-order valence-corrected chi connectivity index (χ3v) is 3.77. The van der Waals surface area contributed by atoms with Gasteiger partial charge in [-0.25, -0.2) is 0 Å². The Bertz CT molecular complexity index is 434. The average molecular weight is 378 g/mol. The Labute approximate surface area is 123 Å². The van der Waals surface area contributed by atoms with E-state index >= 15 is 0 Å². The number of morpholine rings is 1. The van der Waals surface area contributed by atoms with Gasteiger partial charge in [-0.3, -0.25) is 4.79 Å². The Morgan fingerprint density at radius 1 is 1.50 bits per heavy atom. The van der Waals surface area contributed by atoms with Crippen LogP contribution in [0, 0.1) is 0 Å². The Morgan fingerprint density at radius 2 is 2.33 bits per heavy atom. The molecule has 1 saturated heterocycles. The number of hydrogen-bond acceptors (Lipinski definition) is 3. The van der Waals surface area contributed by atoms with Crippen LogP contribution in [0.5, 0.6) is 0 Å². The second-order valence-electron chi connectivity index (χ2n) is 4.07. The van der Waals surface area contributed by atoms with Gasteiger partial charge >= 0.3 is 0 Å². The molecule has 0 radical (unpaired) electrons. The van der Waals surface area contributed by atoms with Crippen molar-refractivity contribution in [3.8, 4) is 0 Å². The monoisotopic (exact) mass is 376 g/mol. The summed E-state index contributed by atoms with van der Waals surface area (Å²) < 4.78 is 7.31. The van der Waals surface area contributed by atoms with E-state index in [1.807, 2.05) is 18.2 Å². The number of carbonyl (C=O) groups is 1. The molecule has 1 fully saturated rings. The SMILES string of the molecule is O=C(CC1CNCCO1)Nc1ccc(Br)cc1Br. The fraction of sp³-hybridized carbons (Fsp3) is 0.417. The predicted molar refractivity (Wildman–Crippen MR) is 77.7 cm³/mol. The van der Waals surface area contributed by atoms with Gasteiger partial charge in [0.15, 0.2) is 0 Å². The Kier molecular flexibility index (Phi) is 5.17. The smallest absolute Gasteiger partial charge is 0.227 e. The second kappa shape index (κ2) is 6.65. The molecule has 6 heteroatoms. The Morgan fingerprint density at radius 3 is 3.00 bits per heavy atom. The first kappa shape index (κ1) is 14.0. The van der Waals surface area contributed by atoms with Crippen LogP contribution < -0.4 is 10.6 Å². The lowest BCUT2D eigenvalue weighted by Gasteiger charge is -2.23. The molecule has 1 unspecified atom stereocenters. The van der Waals surface area contributed by atoms with Crippen LogP contribution in [0.2, 0.25) is 0 Å². The molecular formula is C12H14Br2N2O2. The van der Waals surface area contributed by atoms with Crippen molar-refractivity contribution in [2.75, 3.05) is 25.0 Å². The molecule has 0 aliphatic carbocycles. The summed E-state index contributed by atoms with van der Waals surface area (Å²) in [5, 5.41) is 6.07. The molecular weight excluding hydrogens is 364 g/mol. The highest BCUT2D eigenvalue weighted by molar-refractivity contribution is 9.11. The van der Waals surface area contributed by atoms with E-state index in [0.29, 0.717) is 13.0 Å². The molecule has 98 valence electrons. The predicted octanol–water partition coefficient (Wildman–Crippen LogP) is 2.53. The number of carbonyl (C=O) groups excluding carboxylic acids is 1. The maximum absolute atomic E-state index is 11.9. The van der Waals surface area contributed by atoms with Gasteiger partial charge in [0.1, 0.15) is 0 Å². The second-order valence-corrected chi connectivity index (χ2v) is 5.84. The van der Waals surface area contributed by atoms with Crippen LogP contribution in [0.1, 0.15) is 6.42 Å². The summed E-state index contributed by atoms with van der Waals surface area (Å²) in [6.07, 6.45) is 0.336. The summed E-state index contributed by atoms with van der Waals surface area (Å²) >= 11 is 6.78. The highest BCUT2D eigenvalue weighted by Gasteiger charge is 2.17. The third-order valence-electron chi connectivity index (χ3n) is 2.62. The minimum Gasteiger partial charge on any atom is -0.375 e. The number of rotatable bonds is 3. The van der Waals surface area contributed by atoms with E-state index in [0.717, 1.165) is 27.7 Å². The summed E-state index contributed by atoms with van der Waals surface area (Å²) in [5.74, 6) is -0.0354. The first-order valence-corrected chi connectivity index (χ1v) is 7.31. The van der Waals surface area contributed by atoms with E-state index in [1.165, 1.54) is 0 Å². The van der Waals surface area contributed by atoms with E-state index in [2.05, 4.69) is 42.5 Å². The van der Waals surface area contributed by atoms with Gasteiger partial charge in [-0.15, -0.1) is 0 Å². The quantitative estimate of drug-likeness (QED) is 0.850. The van der Waals surface area contributed by atoms with Crippen molar-refractivity contribution in [3.63, 3.8) is 0 Å². The van der Waals surface area contributed by atoms with Gasteiger partial charge in [-0.2, -0.15) is 0 Å². The zero-order valence-electron chi connectivity index (χ0n) is 9.71. The molecule has 2 rings (SSSR count). The van der Waals surface area contributed by atoms with Crippen molar-refractivity contribution in [2.45, 2.75) is 12.5 Å². The van der Waals surface area contributed by atoms with Crippen LogP contribution in [-0.2, 0) is 9.53 Å². The standard InChI is InChI=1S/C12H14Br2N2O2/c13-8-1-2-11(10(14)5-8)16-12(17)6-9-7-15-3-4-18-9/h1-2,5,9,15H,3-4,6-7H2,(H,16,17). The maximum atomic E-state index is 11.9. The zero-order valence-corrected chi connectivity index (χ0v) is 12.9. The molecule has 1 aliphatic rings. The molecule has 18 heavy (non-hydrogen) atoms. The number of nitrogens with one attached hydrogen (secondary N) is 2. The van der Waals surface area contributed by atoms with Crippen molar-refractivity contribution in [1.82, 2.24) is 5.32 Å². The number of ether oxygens (including phenoxy) is 1. The molecule has 0 spiro atoms. The molecule has 0 aromatic heterocycles. The van der Waals surface area contributed by atoms with Crippen molar-refractivity contribution < 1.29 is 9.53 Å². The number of hydrogen-bond donors (Lipinski definition) is 2. The highest BCUT2D eigenvalue weighted by Crippen LogP contribution is 2.26. The number of benzene rings is 1. The summed E-state index contributed by atoms with van der Waals surface area (Å²) in [4.78, 5) is 11.9. The van der Waals surface area contributed by atoms with Crippen molar-refractivity contribution in [1.29, 1.82) is 0 Å². The minimum atomic E-state index is -0.0354. The van der Waals surface area contributed by atoms with Gasteiger partial charge < -0.3 is 15.4 Å². The zero-order chi connectivity index (χ0) is 13.0. The van der Waals surface area contributed by atoms with Crippen LogP contribution in [-0.4, -0.2) is 31.7 Å². The van der Waals surface area contributed by atoms with E-state index in [9.17, 15) is 4.79 Å². The average Bonchev–Trinajstić information content (AvgIpc) is 2.34. The molecule has 1 atom stereocenters. The fourth-order valence-corrected chi connectivity index (χ4v) is 2.90. The van der Waals surface area contributed by atoms with Gasteiger partial charge in [0, 0.05) is 22.0 Å². The molecule has 1 heterocycles. The molecule has 4 nitrogen and oxygen atoms in total. The van der Waals surface area contributed by atoms with Crippen LogP contribution in [0.25, 0.3) is 0 Å². The Balaban J connectivity index is 1.90. The molecule has 1 aromatic rings. The molecule has 1 amide bonds. The summed E-state index contributed by atoms with van der Waals surface area (Å²) in [6, 6.07) is 5.64. The van der Waals surface area contributed by atoms with Crippen molar-refractivity contribution in [2.24, 2.45) is 0 Å². The van der Waals surface area contributed by atoms with Crippen LogP contribution in [0.3, 0.4) is 0 Å². The lowest BCUT2D eigenvalue weighted by molar-refractivity contribution is -0.119. The minimum absolute atomic E-state index is 0.0343. The van der Waals surface area contributed by atoms with Crippen LogP contribution in [0.15, 0.2) is 27.1 Å². The number of amides is 1. The topological polar surface area (TPSA) is 50.4 Å². The van der Waals surface area contributed by atoms with E-state index in [4.69, 9.17) is 4.74 Å². The fourth-order valence-electron chi connectivity index (χ4n) is 1.75. The van der Waals surface area contributed by atoms with Gasteiger partial charge in [0.05, 0.1) is 24.8 Å². The van der Waals surface area contributed by atoms with Crippen molar-refractivity contribution >= 4 is 43.5 Å². The maximum Gasteiger partial charge on any atom is 0.227 e. The highest BCUT2D eigenvalue weighted by atomic mass is 79.9. The third kappa shape index (κ3) is 4.05. The molecule has 1 aliphatic heterocycles. The first-order valence-electron chi connectivity index (χ1n) is 5.72. The lowest BCUT2D eigenvalue weighted by atomic mass is 10.2. The van der Waals surface area contributed by atoms with E-state index in [-0.39, 0.29) is 12.0 Å². The molecule has 1 aromatic carbocycles. The van der Waals surface area contributed by atoms with Gasteiger partial charge in [-0.1, -0.05) is 15.9 Å². The van der Waals surface area contributed by atoms with Crippen LogP contribution >= 0.6 is 31.9 Å². The van der Waals surface area contributed by atoms with E-state index < -0.39 is 0 Å². The molecule has 2 N–H and O–H groups in total. The number of halogens is 2.